The number of amides is 1. The SMILES string of the molecule is CCC(C)C(C)C1OC1CC(C)/C=C/C=C(\C)C1OC(=O)CC(C)CCC(C)(C)C(OC(=O)NCCOCCOCCN)/C=C/C1C. The number of hydrogen-bond acceptors (Lipinski definition) is 8. The van der Waals surface area contributed by atoms with Crippen LogP contribution >= 0.6 is 0 Å². The minimum atomic E-state index is -0.487. The van der Waals surface area contributed by atoms with E-state index in [1.807, 2.05) is 26.0 Å². The molecule has 3 N–H and O–H groups in total. The van der Waals surface area contributed by atoms with Gasteiger partial charge in [0.25, 0.3) is 0 Å². The summed E-state index contributed by atoms with van der Waals surface area (Å²) in [5, 5.41) is 2.80. The molecule has 47 heavy (non-hydrogen) atoms. The molecule has 0 radical (unpaired) electrons. The molecule has 0 aromatic heterocycles. The number of esters is 1. The van der Waals surface area contributed by atoms with Gasteiger partial charge in [0.15, 0.2) is 0 Å². The maximum absolute atomic E-state index is 13.0. The van der Waals surface area contributed by atoms with Crippen molar-refractivity contribution in [1.29, 1.82) is 0 Å². The van der Waals surface area contributed by atoms with E-state index < -0.39 is 18.3 Å². The zero-order chi connectivity index (χ0) is 35.0. The predicted molar refractivity (Wildman–Crippen MR) is 188 cm³/mol. The van der Waals surface area contributed by atoms with Crippen LogP contribution in [0, 0.1) is 35.0 Å². The molecule has 9 nitrogen and oxygen atoms in total. The van der Waals surface area contributed by atoms with E-state index in [0.717, 1.165) is 24.8 Å². The summed E-state index contributed by atoms with van der Waals surface area (Å²) < 4.78 is 28.9. The van der Waals surface area contributed by atoms with Gasteiger partial charge in [0.05, 0.1) is 38.6 Å². The van der Waals surface area contributed by atoms with E-state index in [0.29, 0.717) is 75.9 Å². The van der Waals surface area contributed by atoms with Crippen molar-refractivity contribution in [3.8, 4) is 0 Å². The van der Waals surface area contributed by atoms with Gasteiger partial charge in [0.1, 0.15) is 12.2 Å². The number of carbonyl (C=O) groups excluding carboxylic acids is 2. The Bertz CT molecular complexity index is 1030. The van der Waals surface area contributed by atoms with Crippen LogP contribution in [-0.2, 0) is 28.5 Å². The molecule has 9 unspecified atom stereocenters. The summed E-state index contributed by atoms with van der Waals surface area (Å²) in [6.45, 7) is 22.0. The van der Waals surface area contributed by atoms with Gasteiger partial charge in [-0.25, -0.2) is 4.79 Å². The maximum Gasteiger partial charge on any atom is 0.407 e. The Hall–Kier alpha value is -2.20. The fraction of sp³-hybridized carbons (Fsp3) is 0.789. The van der Waals surface area contributed by atoms with E-state index >= 15 is 0 Å². The number of nitrogens with two attached hydrogens (primary N) is 1. The van der Waals surface area contributed by atoms with Crippen LogP contribution in [0.15, 0.2) is 36.0 Å². The third-order valence-electron chi connectivity index (χ3n) is 9.81. The van der Waals surface area contributed by atoms with Gasteiger partial charge in [0, 0.05) is 30.8 Å². The Balaban J connectivity index is 2.05. The molecule has 0 spiro atoms. The summed E-state index contributed by atoms with van der Waals surface area (Å²) in [7, 11) is 0. The Morgan fingerprint density at radius 1 is 1.13 bits per heavy atom. The number of carbonyl (C=O) groups is 2. The van der Waals surface area contributed by atoms with Crippen LogP contribution in [0.1, 0.15) is 94.4 Å². The van der Waals surface area contributed by atoms with Crippen LogP contribution in [0.3, 0.4) is 0 Å². The highest BCUT2D eigenvalue weighted by Crippen LogP contribution is 2.38. The Kier molecular flexibility index (Phi) is 18.3. The molecule has 270 valence electrons. The van der Waals surface area contributed by atoms with Crippen molar-refractivity contribution in [1.82, 2.24) is 5.32 Å². The first kappa shape index (κ1) is 41.0. The van der Waals surface area contributed by atoms with Crippen LogP contribution in [-0.4, -0.2) is 76.0 Å². The molecule has 1 fully saturated rings. The molecule has 1 amide bonds. The second-order valence-electron chi connectivity index (χ2n) is 14.6. The smallest absolute Gasteiger partial charge is 0.407 e. The van der Waals surface area contributed by atoms with Gasteiger partial charge in [-0.3, -0.25) is 4.79 Å². The lowest BCUT2D eigenvalue weighted by Gasteiger charge is -2.34. The summed E-state index contributed by atoms with van der Waals surface area (Å²) in [6, 6.07) is 0. The Morgan fingerprint density at radius 3 is 2.51 bits per heavy atom. The summed E-state index contributed by atoms with van der Waals surface area (Å²) in [4.78, 5) is 25.8. The molecule has 0 saturated carbocycles. The van der Waals surface area contributed by atoms with Crippen molar-refractivity contribution in [3.63, 3.8) is 0 Å². The monoisotopic (exact) mass is 662 g/mol. The minimum absolute atomic E-state index is 0.127. The second kappa shape index (κ2) is 21.0. The Morgan fingerprint density at radius 2 is 1.83 bits per heavy atom. The van der Waals surface area contributed by atoms with E-state index in [2.05, 4.69) is 72.0 Å². The molecule has 0 aromatic rings. The highest BCUT2D eigenvalue weighted by molar-refractivity contribution is 5.70. The molecule has 0 aromatic carbocycles. The van der Waals surface area contributed by atoms with E-state index in [-0.39, 0.29) is 23.2 Å². The fourth-order valence-corrected chi connectivity index (χ4v) is 6.02. The van der Waals surface area contributed by atoms with Crippen molar-refractivity contribution >= 4 is 12.1 Å². The van der Waals surface area contributed by atoms with Gasteiger partial charge in [0.2, 0.25) is 0 Å². The molecular formula is C38H66N2O7. The molecule has 9 atom stereocenters. The summed E-state index contributed by atoms with van der Waals surface area (Å²) in [5.74, 6) is 1.46. The summed E-state index contributed by atoms with van der Waals surface area (Å²) in [6.07, 6.45) is 13.8. The van der Waals surface area contributed by atoms with Gasteiger partial charge >= 0.3 is 12.1 Å². The zero-order valence-electron chi connectivity index (χ0n) is 30.8. The summed E-state index contributed by atoms with van der Waals surface area (Å²) in [5.41, 5.74) is 6.04. The fourth-order valence-electron chi connectivity index (χ4n) is 6.02. The van der Waals surface area contributed by atoms with E-state index in [4.69, 9.17) is 29.4 Å². The zero-order valence-corrected chi connectivity index (χ0v) is 30.8. The number of cyclic esters (lactones) is 1. The maximum atomic E-state index is 13.0. The van der Waals surface area contributed by atoms with E-state index in [1.165, 1.54) is 6.42 Å². The molecular weight excluding hydrogens is 596 g/mol. The minimum Gasteiger partial charge on any atom is -0.457 e. The van der Waals surface area contributed by atoms with Crippen molar-refractivity contribution in [2.45, 2.75) is 119 Å². The predicted octanol–water partition coefficient (Wildman–Crippen LogP) is 7.00. The number of nitrogens with one attached hydrogen (secondary N) is 1. The standard InChI is InChI=1S/C38H66N2O7/c1-10-28(4)31(7)36-32(45-36)24-26(2)12-11-13-29(5)35-30(6)14-15-33(38(8,9)17-16-27(3)25-34(41)47-35)46-37(42)40-19-21-44-23-22-43-20-18-39/h11-15,26-28,30-33,35-36H,10,16-25,39H2,1-9H3,(H,40,42)/b12-11+,15-14+,29-13+. The van der Waals surface area contributed by atoms with Crippen molar-refractivity contribution < 1.29 is 33.3 Å². The molecule has 2 rings (SSSR count). The lowest BCUT2D eigenvalue weighted by molar-refractivity contribution is -0.149. The molecule has 9 heteroatoms. The molecule has 1 saturated heterocycles. The van der Waals surface area contributed by atoms with E-state index in [1.54, 1.807) is 0 Å². The number of allylic oxidation sites excluding steroid dienone is 3. The van der Waals surface area contributed by atoms with Crippen molar-refractivity contribution in [2.75, 3.05) is 39.5 Å². The normalized spacial score (nSPS) is 29.6. The van der Waals surface area contributed by atoms with Crippen molar-refractivity contribution in [3.05, 3.63) is 36.0 Å². The number of alkyl carbamates (subject to hydrolysis) is 1. The van der Waals surface area contributed by atoms with Crippen molar-refractivity contribution in [2.24, 2.45) is 40.7 Å². The largest absolute Gasteiger partial charge is 0.457 e. The summed E-state index contributed by atoms with van der Waals surface area (Å²) >= 11 is 0. The Labute approximate surface area is 285 Å². The first-order chi connectivity index (χ1) is 22.3. The van der Waals surface area contributed by atoms with Crippen LogP contribution in [0.25, 0.3) is 0 Å². The van der Waals surface area contributed by atoms with Gasteiger partial charge in [-0.15, -0.1) is 0 Å². The lowest BCUT2D eigenvalue weighted by Crippen LogP contribution is -2.38. The second-order valence-corrected chi connectivity index (χ2v) is 14.6. The highest BCUT2D eigenvalue weighted by atomic mass is 16.6. The van der Waals surface area contributed by atoms with E-state index in [9.17, 15) is 9.59 Å². The molecule has 2 aliphatic heterocycles. The molecule has 0 aliphatic carbocycles. The third-order valence-corrected chi connectivity index (χ3v) is 9.81. The van der Waals surface area contributed by atoms with Crippen LogP contribution in [0.4, 0.5) is 4.79 Å². The third kappa shape index (κ3) is 15.3. The van der Waals surface area contributed by atoms with Gasteiger partial charge in [-0.1, -0.05) is 86.1 Å². The van der Waals surface area contributed by atoms with Crippen LogP contribution in [0.2, 0.25) is 0 Å². The first-order valence-electron chi connectivity index (χ1n) is 18.0. The van der Waals surface area contributed by atoms with Crippen LogP contribution < -0.4 is 11.1 Å². The average molecular weight is 663 g/mol. The number of epoxide rings is 1. The number of ether oxygens (including phenoxy) is 5. The van der Waals surface area contributed by atoms with Gasteiger partial charge in [-0.05, 0) is 61.5 Å². The first-order valence-corrected chi connectivity index (χ1v) is 18.0. The number of hydrogen-bond donors (Lipinski definition) is 2. The average Bonchev–Trinajstić information content (AvgIpc) is 3.79. The quantitative estimate of drug-likeness (QED) is 0.0562. The topological polar surface area (TPSA) is 122 Å². The molecule has 2 aliphatic rings. The van der Waals surface area contributed by atoms with Gasteiger partial charge in [-0.2, -0.15) is 0 Å². The molecule has 0 bridgehead atoms. The van der Waals surface area contributed by atoms with Crippen LogP contribution in [0.5, 0.6) is 0 Å². The molecule has 2 heterocycles. The number of rotatable bonds is 17. The lowest BCUT2D eigenvalue weighted by atomic mass is 9.78. The highest BCUT2D eigenvalue weighted by Gasteiger charge is 2.44. The van der Waals surface area contributed by atoms with Gasteiger partial charge < -0.3 is 34.7 Å².